The summed E-state index contributed by atoms with van der Waals surface area (Å²) in [7, 11) is 0. The summed E-state index contributed by atoms with van der Waals surface area (Å²) in [5.41, 5.74) is 0.615. The molecule has 5 heteroatoms. The minimum atomic E-state index is 0.165. The molecule has 0 saturated carbocycles. The zero-order chi connectivity index (χ0) is 9.14. The number of benzene rings is 1. The molecule has 0 aromatic heterocycles. The third-order valence-electron chi connectivity index (χ3n) is 1.50. The monoisotopic (exact) mass is 296 g/mol. The lowest BCUT2D eigenvalue weighted by Crippen LogP contribution is -1.85. The van der Waals surface area contributed by atoms with Gasteiger partial charge in [0.05, 0.1) is 0 Å². The third-order valence-corrected chi connectivity index (χ3v) is 2.17. The summed E-state index contributed by atoms with van der Waals surface area (Å²) >= 11 is 5.65. The molecule has 0 radical (unpaired) electrons. The smallest absolute Gasteiger partial charge is 0.186 e. The maximum atomic E-state index is 9.28. The van der Waals surface area contributed by atoms with Crippen molar-refractivity contribution in [2.45, 2.75) is 6.92 Å². The summed E-state index contributed by atoms with van der Waals surface area (Å²) < 4.78 is 9.66. The highest BCUT2D eigenvalue weighted by atomic mass is 79.9. The Bertz CT molecular complexity index is 288. The Hall–Kier alpha value is -0.420. The van der Waals surface area contributed by atoms with Gasteiger partial charge in [-0.25, -0.2) is 0 Å². The van der Waals surface area contributed by atoms with Crippen molar-refractivity contribution in [2.24, 2.45) is 0 Å². The van der Waals surface area contributed by atoms with Gasteiger partial charge in [-0.1, -0.05) is 0 Å². The van der Waals surface area contributed by atoms with Crippen LogP contribution in [0, 0.1) is 6.92 Å². The lowest BCUT2D eigenvalue weighted by atomic mass is 10.2. The topological polar surface area (TPSA) is 38.7 Å². The molecule has 0 amide bonds. The molecule has 0 unspecified atom stereocenters. The van der Waals surface area contributed by atoms with Crippen molar-refractivity contribution in [3.05, 3.63) is 17.7 Å². The van der Waals surface area contributed by atoms with Crippen LogP contribution in [0.4, 0.5) is 0 Å². The Balaban J connectivity index is 3.25. The molecule has 0 heterocycles. The number of halogens is 2. The van der Waals surface area contributed by atoms with Crippen molar-refractivity contribution in [3.63, 3.8) is 0 Å². The molecule has 0 atom stereocenters. The first-order chi connectivity index (χ1) is 5.70. The summed E-state index contributed by atoms with van der Waals surface area (Å²) in [4.78, 5) is 0. The molecule has 0 aliphatic rings. The largest absolute Gasteiger partial charge is 0.508 e. The second-order valence-corrected chi connectivity index (χ2v) is 2.84. The lowest BCUT2D eigenvalue weighted by molar-refractivity contribution is 0.465. The molecule has 12 heavy (non-hydrogen) atoms. The molecule has 1 aromatic rings. The number of phenols is 1. The van der Waals surface area contributed by atoms with Crippen molar-refractivity contribution >= 4 is 32.5 Å². The Morgan fingerprint density at radius 3 is 2.42 bits per heavy atom. The summed E-state index contributed by atoms with van der Waals surface area (Å²) in [6.07, 6.45) is 0. The molecular formula is C7H6Br2O3. The highest BCUT2D eigenvalue weighted by molar-refractivity contribution is 9.06. The minimum absolute atomic E-state index is 0.165. The van der Waals surface area contributed by atoms with Crippen LogP contribution in [0.15, 0.2) is 12.1 Å². The highest BCUT2D eigenvalue weighted by Crippen LogP contribution is 2.37. The van der Waals surface area contributed by atoms with Gasteiger partial charge in [0.25, 0.3) is 0 Å². The maximum absolute atomic E-state index is 9.28. The van der Waals surface area contributed by atoms with Gasteiger partial charge in [0.2, 0.25) is 0 Å². The van der Waals surface area contributed by atoms with E-state index in [0.29, 0.717) is 17.1 Å². The van der Waals surface area contributed by atoms with Crippen LogP contribution in [0.25, 0.3) is 0 Å². The van der Waals surface area contributed by atoms with Crippen molar-refractivity contribution in [3.8, 4) is 17.2 Å². The SMILES string of the molecule is Cc1c(O)ccc(OBr)c1OBr. The van der Waals surface area contributed by atoms with Gasteiger partial charge in [-0.2, -0.15) is 0 Å². The molecule has 1 rings (SSSR count). The van der Waals surface area contributed by atoms with Gasteiger partial charge in [0, 0.05) is 5.56 Å². The van der Waals surface area contributed by atoms with Crippen LogP contribution in [0.5, 0.6) is 17.2 Å². The second kappa shape index (κ2) is 4.00. The normalized spacial score (nSPS) is 9.58. The van der Waals surface area contributed by atoms with Gasteiger partial charge in [0.1, 0.15) is 5.75 Å². The van der Waals surface area contributed by atoms with E-state index in [2.05, 4.69) is 32.5 Å². The van der Waals surface area contributed by atoms with E-state index in [4.69, 9.17) is 7.66 Å². The predicted octanol–water partition coefficient (Wildman–Crippen LogP) is 3.08. The van der Waals surface area contributed by atoms with E-state index in [1.54, 1.807) is 13.0 Å². The van der Waals surface area contributed by atoms with E-state index < -0.39 is 0 Å². The summed E-state index contributed by atoms with van der Waals surface area (Å²) in [5.74, 6) is 1.12. The zero-order valence-corrected chi connectivity index (χ0v) is 9.35. The van der Waals surface area contributed by atoms with Crippen molar-refractivity contribution in [1.29, 1.82) is 0 Å². The van der Waals surface area contributed by atoms with Gasteiger partial charge in [-0.3, -0.25) is 0 Å². The first kappa shape index (κ1) is 9.67. The third kappa shape index (κ3) is 1.67. The number of phenolic OH excluding ortho intramolecular Hbond substituents is 1. The quantitative estimate of drug-likeness (QED) is 0.912. The lowest BCUT2D eigenvalue weighted by Gasteiger charge is -2.07. The molecule has 66 valence electrons. The van der Waals surface area contributed by atoms with Crippen molar-refractivity contribution in [1.82, 2.24) is 0 Å². The minimum Gasteiger partial charge on any atom is -0.508 e. The molecule has 1 aromatic carbocycles. The second-order valence-electron chi connectivity index (χ2n) is 2.19. The van der Waals surface area contributed by atoms with Gasteiger partial charge >= 0.3 is 0 Å². The number of aromatic hydroxyl groups is 1. The first-order valence-corrected chi connectivity index (χ1v) is 4.40. The van der Waals surface area contributed by atoms with Gasteiger partial charge in [0.15, 0.2) is 44.0 Å². The highest BCUT2D eigenvalue weighted by Gasteiger charge is 2.11. The Labute approximate surface area is 87.2 Å². The maximum Gasteiger partial charge on any atom is 0.186 e. The average molecular weight is 298 g/mol. The molecule has 3 nitrogen and oxygen atoms in total. The summed E-state index contributed by atoms with van der Waals surface area (Å²) in [6.45, 7) is 1.72. The Morgan fingerprint density at radius 2 is 1.92 bits per heavy atom. The van der Waals surface area contributed by atoms with Crippen LogP contribution >= 0.6 is 32.5 Å². The predicted molar refractivity (Wildman–Crippen MR) is 52.0 cm³/mol. The standard InChI is InChI=1S/C7H6Br2O3/c1-4-5(10)2-3-6(11-8)7(4)12-9/h2-3,10H,1H3. The fraction of sp³-hybridized carbons (Fsp3) is 0.143. The van der Waals surface area contributed by atoms with E-state index in [1.807, 2.05) is 0 Å². The van der Waals surface area contributed by atoms with E-state index >= 15 is 0 Å². The molecule has 0 fully saturated rings. The number of hydrogen-bond acceptors (Lipinski definition) is 3. The molecule has 0 aliphatic heterocycles. The number of hydrogen-bond donors (Lipinski definition) is 1. The molecule has 0 aliphatic carbocycles. The Kier molecular flexibility index (Phi) is 3.22. The van der Waals surface area contributed by atoms with Crippen LogP contribution in [0.1, 0.15) is 5.56 Å². The van der Waals surface area contributed by atoms with E-state index in [-0.39, 0.29) is 5.75 Å². The van der Waals surface area contributed by atoms with Crippen LogP contribution in [-0.4, -0.2) is 5.11 Å². The Morgan fingerprint density at radius 1 is 1.25 bits per heavy atom. The molecule has 0 spiro atoms. The van der Waals surface area contributed by atoms with Crippen molar-refractivity contribution in [2.75, 3.05) is 0 Å². The van der Waals surface area contributed by atoms with Crippen LogP contribution in [-0.2, 0) is 0 Å². The fourth-order valence-electron chi connectivity index (χ4n) is 0.813. The fourth-order valence-corrected chi connectivity index (χ4v) is 1.47. The van der Waals surface area contributed by atoms with Gasteiger partial charge in [-0.15, -0.1) is 0 Å². The number of rotatable bonds is 2. The zero-order valence-electron chi connectivity index (χ0n) is 6.17. The van der Waals surface area contributed by atoms with Gasteiger partial charge in [-0.05, 0) is 19.1 Å². The molecule has 1 N–H and O–H groups in total. The van der Waals surface area contributed by atoms with E-state index in [1.165, 1.54) is 6.07 Å². The van der Waals surface area contributed by atoms with E-state index in [9.17, 15) is 5.11 Å². The molecular weight excluding hydrogens is 292 g/mol. The van der Waals surface area contributed by atoms with Crippen LogP contribution < -0.4 is 7.66 Å². The summed E-state index contributed by atoms with van der Waals surface area (Å²) in [5, 5.41) is 9.28. The van der Waals surface area contributed by atoms with Crippen molar-refractivity contribution < 1.29 is 12.8 Å². The average Bonchev–Trinajstić information content (AvgIpc) is 2.09. The first-order valence-electron chi connectivity index (χ1n) is 3.10. The van der Waals surface area contributed by atoms with Crippen LogP contribution in [0.3, 0.4) is 0 Å². The molecule has 0 saturated heterocycles. The van der Waals surface area contributed by atoms with Crippen LogP contribution in [0.2, 0.25) is 0 Å². The van der Waals surface area contributed by atoms with E-state index in [0.717, 1.165) is 0 Å². The summed E-state index contributed by atoms with van der Waals surface area (Å²) in [6, 6.07) is 3.12. The molecule has 0 bridgehead atoms. The van der Waals surface area contributed by atoms with Gasteiger partial charge < -0.3 is 12.8 Å².